The van der Waals surface area contributed by atoms with E-state index in [0.717, 1.165) is 11.1 Å². The molecule has 1 unspecified atom stereocenters. The van der Waals surface area contributed by atoms with E-state index in [1.54, 1.807) is 12.3 Å². The van der Waals surface area contributed by atoms with Crippen LogP contribution in [0, 0.1) is 0 Å². The molecule has 2 heterocycles. The number of hydrogen-bond acceptors (Lipinski definition) is 4. The highest BCUT2D eigenvalue weighted by molar-refractivity contribution is 5.94. The molecule has 0 saturated heterocycles. The number of pyridine rings is 1. The summed E-state index contributed by atoms with van der Waals surface area (Å²) in [6.07, 6.45) is 1.48. The second-order valence-corrected chi connectivity index (χ2v) is 7.34. The van der Waals surface area contributed by atoms with Gasteiger partial charge in [0.2, 0.25) is 0 Å². The zero-order valence-corrected chi connectivity index (χ0v) is 16.2. The Hall–Kier alpha value is -2.82. The normalized spacial score (nSPS) is 21.3. The van der Waals surface area contributed by atoms with Gasteiger partial charge in [-0.1, -0.05) is 60.7 Å². The number of fused-ring (bicyclic) bond motifs is 1. The van der Waals surface area contributed by atoms with Crippen LogP contribution in [0.5, 0.6) is 0 Å². The number of benzene rings is 2. The Morgan fingerprint density at radius 3 is 2.29 bits per heavy atom. The number of Topliss-reactive ketones (excluding diaryl/α,β-unsaturated/α-hetero) is 1. The van der Waals surface area contributed by atoms with Crippen molar-refractivity contribution in [1.29, 1.82) is 0 Å². The molecule has 28 heavy (non-hydrogen) atoms. The van der Waals surface area contributed by atoms with Crippen LogP contribution in [0.1, 0.15) is 51.8 Å². The molecule has 0 N–H and O–H groups in total. The van der Waals surface area contributed by atoms with Crippen LogP contribution >= 0.6 is 0 Å². The molecule has 1 aromatic heterocycles. The molecule has 0 saturated carbocycles. The number of aromatic nitrogens is 1. The van der Waals surface area contributed by atoms with E-state index in [1.165, 1.54) is 5.56 Å². The molecule has 1 aliphatic rings. The summed E-state index contributed by atoms with van der Waals surface area (Å²) in [6.45, 7) is 0. The summed E-state index contributed by atoms with van der Waals surface area (Å²) in [4.78, 5) is 19.2. The van der Waals surface area contributed by atoms with Crippen molar-refractivity contribution >= 4 is 5.78 Å². The quantitative estimate of drug-likeness (QED) is 0.605. The molecule has 0 bridgehead atoms. The molecule has 4 nitrogen and oxygen atoms in total. The highest BCUT2D eigenvalue weighted by Crippen LogP contribution is 2.47. The molecule has 0 radical (unpaired) electrons. The highest BCUT2D eigenvalue weighted by Gasteiger charge is 2.38. The van der Waals surface area contributed by atoms with E-state index in [4.69, 9.17) is 4.74 Å². The Morgan fingerprint density at radius 1 is 0.929 bits per heavy atom. The Morgan fingerprint density at radius 2 is 1.61 bits per heavy atom. The van der Waals surface area contributed by atoms with Crippen LogP contribution in [0.4, 0.5) is 0 Å². The van der Waals surface area contributed by atoms with Gasteiger partial charge in [0.25, 0.3) is 0 Å². The molecule has 142 valence electrons. The van der Waals surface area contributed by atoms with Gasteiger partial charge in [-0.15, -0.1) is 0 Å². The summed E-state index contributed by atoms with van der Waals surface area (Å²) >= 11 is 0. The van der Waals surface area contributed by atoms with Gasteiger partial charge >= 0.3 is 0 Å². The maximum Gasteiger partial charge on any atom is 0.184 e. The van der Waals surface area contributed by atoms with E-state index in [0.29, 0.717) is 5.69 Å². The third-order valence-corrected chi connectivity index (χ3v) is 5.26. The smallest absolute Gasteiger partial charge is 0.184 e. The molecule has 2 aromatic carbocycles. The van der Waals surface area contributed by atoms with Gasteiger partial charge in [0.15, 0.2) is 5.78 Å². The Kier molecular flexibility index (Phi) is 5.33. The van der Waals surface area contributed by atoms with Crippen LogP contribution in [0.15, 0.2) is 79.0 Å². The zero-order valence-electron chi connectivity index (χ0n) is 16.2. The van der Waals surface area contributed by atoms with Crippen LogP contribution in [-0.2, 0) is 4.74 Å². The maximum atomic E-state index is 12.8. The molecule has 0 spiro atoms. The maximum absolute atomic E-state index is 12.8. The van der Waals surface area contributed by atoms with Crippen molar-refractivity contribution < 1.29 is 9.53 Å². The monoisotopic (exact) mass is 372 g/mol. The van der Waals surface area contributed by atoms with E-state index in [9.17, 15) is 4.79 Å². The molecule has 3 aromatic rings. The number of ether oxygens (including phenoxy) is 1. The first kappa shape index (κ1) is 18.5. The number of ketones is 1. The fourth-order valence-corrected chi connectivity index (χ4v) is 3.97. The van der Waals surface area contributed by atoms with Gasteiger partial charge in [-0.05, 0) is 42.9 Å². The molecular weight excluding hydrogens is 348 g/mol. The van der Waals surface area contributed by atoms with E-state index < -0.39 is 0 Å². The van der Waals surface area contributed by atoms with Crippen molar-refractivity contribution in [3.8, 4) is 0 Å². The molecule has 0 fully saturated rings. The molecule has 0 aliphatic carbocycles. The number of likely N-dealkylation sites (N-methyl/N-ethyl adjacent to an activating group) is 1. The van der Waals surface area contributed by atoms with E-state index in [1.807, 2.05) is 36.4 Å². The highest BCUT2D eigenvalue weighted by atomic mass is 16.5. The van der Waals surface area contributed by atoms with Crippen molar-refractivity contribution in [3.05, 3.63) is 101 Å². The van der Waals surface area contributed by atoms with Crippen LogP contribution in [-0.4, -0.2) is 29.8 Å². The van der Waals surface area contributed by atoms with Crippen LogP contribution in [0.25, 0.3) is 0 Å². The van der Waals surface area contributed by atoms with Crippen molar-refractivity contribution in [1.82, 2.24) is 9.88 Å². The second-order valence-electron chi connectivity index (χ2n) is 7.34. The Balaban J connectivity index is 1.72. The van der Waals surface area contributed by atoms with Crippen molar-refractivity contribution in [2.45, 2.75) is 24.7 Å². The molecule has 4 rings (SSSR count). The van der Waals surface area contributed by atoms with Gasteiger partial charge in [-0.2, -0.15) is 0 Å². The predicted octanol–water partition coefficient (Wildman–Crippen LogP) is 4.77. The van der Waals surface area contributed by atoms with E-state index >= 15 is 0 Å². The SMILES string of the molecule is CN(C)[C@H]1c2ccccc2C(CC(=O)c2ccccn2)O[C@@H]1c1ccccc1. The first-order chi connectivity index (χ1) is 13.6. The largest absolute Gasteiger partial charge is 0.363 e. The zero-order chi connectivity index (χ0) is 19.5. The Bertz CT molecular complexity index is 941. The predicted molar refractivity (Wildman–Crippen MR) is 109 cm³/mol. The molecule has 4 heteroatoms. The lowest BCUT2D eigenvalue weighted by Crippen LogP contribution is -2.34. The molecular formula is C24H24N2O2. The van der Waals surface area contributed by atoms with Crippen LogP contribution < -0.4 is 0 Å². The van der Waals surface area contributed by atoms with Gasteiger partial charge in [0.1, 0.15) is 11.8 Å². The number of carbonyl (C=O) groups excluding carboxylic acids is 1. The van der Waals surface area contributed by atoms with Gasteiger partial charge < -0.3 is 4.74 Å². The number of rotatable bonds is 5. The first-order valence-corrected chi connectivity index (χ1v) is 9.55. The summed E-state index contributed by atoms with van der Waals surface area (Å²) in [6, 6.07) is 24.0. The van der Waals surface area contributed by atoms with E-state index in [-0.39, 0.29) is 30.5 Å². The van der Waals surface area contributed by atoms with Crippen molar-refractivity contribution in [3.63, 3.8) is 0 Å². The number of hydrogen-bond donors (Lipinski definition) is 0. The average Bonchev–Trinajstić information content (AvgIpc) is 2.74. The second kappa shape index (κ2) is 8.05. The summed E-state index contributed by atoms with van der Waals surface area (Å²) in [7, 11) is 4.14. The third kappa shape index (κ3) is 3.61. The van der Waals surface area contributed by atoms with Crippen LogP contribution in [0.2, 0.25) is 0 Å². The fourth-order valence-electron chi connectivity index (χ4n) is 3.97. The lowest BCUT2D eigenvalue weighted by Gasteiger charge is -2.41. The Labute approximate surface area is 165 Å². The third-order valence-electron chi connectivity index (χ3n) is 5.26. The summed E-state index contributed by atoms with van der Waals surface area (Å²) in [5, 5.41) is 0. The van der Waals surface area contributed by atoms with E-state index in [2.05, 4.69) is 54.3 Å². The minimum absolute atomic E-state index is 0.00415. The molecule has 1 aliphatic heterocycles. The minimum atomic E-state index is -0.299. The standard InChI is InChI=1S/C24H24N2O2/c1-26(2)23-19-13-7-6-12-18(19)22(16-21(27)20-14-8-9-15-25-20)28-24(23)17-10-4-3-5-11-17/h3-15,22-24H,16H2,1-2H3/t22?,23-,24+/m0/s1. The lowest BCUT2D eigenvalue weighted by molar-refractivity contribution is -0.0718. The van der Waals surface area contributed by atoms with Gasteiger partial charge in [-0.25, -0.2) is 0 Å². The number of nitrogens with zero attached hydrogens (tertiary/aromatic N) is 2. The average molecular weight is 372 g/mol. The number of carbonyl (C=O) groups is 1. The van der Waals surface area contributed by atoms with Crippen LogP contribution in [0.3, 0.4) is 0 Å². The van der Waals surface area contributed by atoms with Crippen molar-refractivity contribution in [2.24, 2.45) is 0 Å². The first-order valence-electron chi connectivity index (χ1n) is 9.55. The summed E-state index contributed by atoms with van der Waals surface area (Å²) in [5.41, 5.74) is 3.89. The topological polar surface area (TPSA) is 42.4 Å². The lowest BCUT2D eigenvalue weighted by atomic mass is 9.85. The molecule has 3 atom stereocenters. The van der Waals surface area contributed by atoms with Crippen molar-refractivity contribution in [2.75, 3.05) is 14.1 Å². The minimum Gasteiger partial charge on any atom is -0.363 e. The van der Waals surface area contributed by atoms with Gasteiger partial charge in [0.05, 0.1) is 12.1 Å². The summed E-state index contributed by atoms with van der Waals surface area (Å²) < 4.78 is 6.57. The van der Waals surface area contributed by atoms with Gasteiger partial charge in [-0.3, -0.25) is 14.7 Å². The summed E-state index contributed by atoms with van der Waals surface area (Å²) in [5.74, 6) is -0.00415. The van der Waals surface area contributed by atoms with Gasteiger partial charge in [0, 0.05) is 12.6 Å². The fraction of sp³-hybridized carbons (Fsp3) is 0.250. The molecule has 0 amide bonds.